The van der Waals surface area contributed by atoms with Gasteiger partial charge in [0, 0.05) is 11.5 Å². The Balaban J connectivity index is 3.14. The number of aliphatic imine (C=N–C) groups is 1. The molecule has 1 rings (SSSR count). The van der Waals surface area contributed by atoms with Crippen molar-refractivity contribution in [2.45, 2.75) is 20.8 Å². The van der Waals surface area contributed by atoms with E-state index in [1.807, 2.05) is 20.8 Å². The van der Waals surface area contributed by atoms with Crippen LogP contribution in [0.3, 0.4) is 0 Å². The fourth-order valence-corrected chi connectivity index (χ4v) is 1.16. The first kappa shape index (κ1) is 12.8. The van der Waals surface area contributed by atoms with Crippen LogP contribution in [0.2, 0.25) is 5.02 Å². The number of hydrogen-bond acceptors (Lipinski definition) is 2. The predicted molar refractivity (Wildman–Crippen MR) is 68.7 cm³/mol. The summed E-state index contributed by atoms with van der Waals surface area (Å²) in [6, 6.07) is 5.30. The molecule has 88 valence electrons. The van der Waals surface area contributed by atoms with E-state index in [9.17, 15) is 0 Å². The molecule has 4 heteroatoms. The smallest absolute Gasteiger partial charge is 0.121 e. The van der Waals surface area contributed by atoms with Crippen molar-refractivity contribution in [3.8, 4) is 5.75 Å². The minimum atomic E-state index is -0.174. The zero-order chi connectivity index (χ0) is 12.3. The van der Waals surface area contributed by atoms with Crippen LogP contribution < -0.4 is 10.5 Å². The van der Waals surface area contributed by atoms with Crippen molar-refractivity contribution in [3.05, 3.63) is 23.2 Å². The van der Waals surface area contributed by atoms with Crippen LogP contribution in [-0.2, 0) is 0 Å². The highest BCUT2D eigenvalue weighted by molar-refractivity contribution is 6.33. The Kier molecular flexibility index (Phi) is 3.81. The lowest BCUT2D eigenvalue weighted by molar-refractivity contribution is 0.415. The van der Waals surface area contributed by atoms with Crippen LogP contribution in [0.15, 0.2) is 23.2 Å². The molecule has 0 saturated heterocycles. The van der Waals surface area contributed by atoms with Crippen LogP contribution in [0.4, 0.5) is 5.69 Å². The third-order valence-corrected chi connectivity index (χ3v) is 2.48. The normalized spacial score (nSPS) is 12.7. The number of halogens is 1. The third kappa shape index (κ3) is 3.14. The van der Waals surface area contributed by atoms with Gasteiger partial charge in [0.1, 0.15) is 11.6 Å². The molecule has 1 aromatic rings. The van der Waals surface area contributed by atoms with E-state index in [1.165, 1.54) is 0 Å². The first-order chi connectivity index (χ1) is 7.34. The minimum Gasteiger partial charge on any atom is -0.497 e. The van der Waals surface area contributed by atoms with Gasteiger partial charge < -0.3 is 10.5 Å². The molecule has 16 heavy (non-hydrogen) atoms. The molecule has 0 aliphatic heterocycles. The van der Waals surface area contributed by atoms with E-state index < -0.39 is 0 Å². The van der Waals surface area contributed by atoms with Gasteiger partial charge in [-0.2, -0.15) is 0 Å². The second-order valence-corrected chi connectivity index (χ2v) is 4.97. The van der Waals surface area contributed by atoms with Crippen molar-refractivity contribution in [2.75, 3.05) is 7.11 Å². The molecule has 0 unspecified atom stereocenters. The summed E-state index contributed by atoms with van der Waals surface area (Å²) in [5.41, 5.74) is 6.35. The summed E-state index contributed by atoms with van der Waals surface area (Å²) >= 11 is 6.03. The van der Waals surface area contributed by atoms with E-state index >= 15 is 0 Å². The van der Waals surface area contributed by atoms with Crippen LogP contribution in [0.5, 0.6) is 5.75 Å². The van der Waals surface area contributed by atoms with Crippen LogP contribution >= 0.6 is 11.6 Å². The number of hydrogen-bond donors (Lipinski definition) is 1. The summed E-state index contributed by atoms with van der Waals surface area (Å²) in [6.07, 6.45) is 0. The fourth-order valence-electron chi connectivity index (χ4n) is 1.00. The largest absolute Gasteiger partial charge is 0.497 e. The topological polar surface area (TPSA) is 47.6 Å². The van der Waals surface area contributed by atoms with Crippen LogP contribution in [0, 0.1) is 5.41 Å². The van der Waals surface area contributed by atoms with E-state index in [0.29, 0.717) is 22.3 Å². The zero-order valence-electron chi connectivity index (χ0n) is 10.0. The highest BCUT2D eigenvalue weighted by Crippen LogP contribution is 2.30. The lowest BCUT2D eigenvalue weighted by atomic mass is 9.95. The molecule has 0 aliphatic rings. The molecule has 0 amide bonds. The summed E-state index contributed by atoms with van der Waals surface area (Å²) < 4.78 is 5.11. The fraction of sp³-hybridized carbons (Fsp3) is 0.417. The molecule has 0 fully saturated rings. The zero-order valence-corrected chi connectivity index (χ0v) is 10.8. The van der Waals surface area contributed by atoms with Gasteiger partial charge in [-0.05, 0) is 12.1 Å². The predicted octanol–water partition coefficient (Wildman–Crippen LogP) is 3.38. The van der Waals surface area contributed by atoms with Crippen LogP contribution in [-0.4, -0.2) is 12.9 Å². The van der Waals surface area contributed by atoms with Gasteiger partial charge in [0.05, 0.1) is 17.8 Å². The quantitative estimate of drug-likeness (QED) is 0.636. The van der Waals surface area contributed by atoms with Gasteiger partial charge in [0.2, 0.25) is 0 Å². The van der Waals surface area contributed by atoms with Crippen molar-refractivity contribution < 1.29 is 4.74 Å². The third-order valence-electron chi connectivity index (χ3n) is 2.16. The number of nitrogens with two attached hydrogens (primary N) is 1. The van der Waals surface area contributed by atoms with Crippen LogP contribution in [0.25, 0.3) is 0 Å². The minimum absolute atomic E-state index is 0.174. The van der Waals surface area contributed by atoms with Crippen molar-refractivity contribution in [1.82, 2.24) is 0 Å². The monoisotopic (exact) mass is 240 g/mol. The highest BCUT2D eigenvalue weighted by Gasteiger charge is 2.16. The Morgan fingerprint density at radius 2 is 2.00 bits per heavy atom. The first-order valence-electron chi connectivity index (χ1n) is 5.03. The van der Waals surface area contributed by atoms with Gasteiger partial charge in [-0.3, -0.25) is 0 Å². The van der Waals surface area contributed by atoms with E-state index in [-0.39, 0.29) is 5.41 Å². The lowest BCUT2D eigenvalue weighted by Gasteiger charge is -2.17. The molecule has 0 radical (unpaired) electrons. The summed E-state index contributed by atoms with van der Waals surface area (Å²) in [7, 11) is 1.60. The van der Waals surface area contributed by atoms with Crippen molar-refractivity contribution in [3.63, 3.8) is 0 Å². The SMILES string of the molecule is COc1ccc(Cl)c(N=C(N)C(C)(C)C)c1. The molecule has 0 saturated carbocycles. The van der Waals surface area contributed by atoms with Gasteiger partial charge in [0.15, 0.2) is 0 Å². The molecule has 1 aromatic carbocycles. The molecule has 2 N–H and O–H groups in total. The highest BCUT2D eigenvalue weighted by atomic mass is 35.5. The Morgan fingerprint density at radius 3 is 2.50 bits per heavy atom. The average molecular weight is 241 g/mol. The summed E-state index contributed by atoms with van der Waals surface area (Å²) in [6.45, 7) is 6.00. The molecule has 0 spiro atoms. The summed E-state index contributed by atoms with van der Waals surface area (Å²) in [5, 5.41) is 0.563. The number of rotatable bonds is 2. The van der Waals surface area contributed by atoms with Crippen molar-refractivity contribution in [1.29, 1.82) is 0 Å². The van der Waals surface area contributed by atoms with E-state index in [4.69, 9.17) is 22.1 Å². The van der Waals surface area contributed by atoms with Gasteiger partial charge in [0.25, 0.3) is 0 Å². The number of ether oxygens (including phenoxy) is 1. The summed E-state index contributed by atoms with van der Waals surface area (Å²) in [4.78, 5) is 4.32. The van der Waals surface area contributed by atoms with Crippen molar-refractivity contribution in [2.24, 2.45) is 16.1 Å². The van der Waals surface area contributed by atoms with Gasteiger partial charge in [-0.25, -0.2) is 4.99 Å². The standard InChI is InChI=1S/C12H17ClN2O/c1-12(2,3)11(14)15-10-7-8(16-4)5-6-9(10)13/h5-7H,1-4H3,(H2,14,15). The Hall–Kier alpha value is -1.22. The number of benzene rings is 1. The maximum atomic E-state index is 6.03. The Bertz CT molecular complexity index is 408. The molecule has 3 nitrogen and oxygen atoms in total. The molecular formula is C12H17ClN2O. The first-order valence-corrected chi connectivity index (χ1v) is 5.40. The van der Waals surface area contributed by atoms with E-state index in [1.54, 1.807) is 25.3 Å². The summed E-state index contributed by atoms with van der Waals surface area (Å²) in [5.74, 6) is 1.26. The molecule has 0 atom stereocenters. The van der Waals surface area contributed by atoms with Crippen molar-refractivity contribution >= 4 is 23.1 Å². The number of methoxy groups -OCH3 is 1. The van der Waals surface area contributed by atoms with Gasteiger partial charge in [-0.15, -0.1) is 0 Å². The molecule has 0 bridgehead atoms. The molecule has 0 aliphatic carbocycles. The van der Waals surface area contributed by atoms with Gasteiger partial charge >= 0.3 is 0 Å². The average Bonchev–Trinajstić information content (AvgIpc) is 2.19. The molecule has 0 aromatic heterocycles. The Labute approximate surface area is 101 Å². The second kappa shape index (κ2) is 4.74. The number of nitrogens with zero attached hydrogens (tertiary/aromatic N) is 1. The molecular weight excluding hydrogens is 224 g/mol. The Morgan fingerprint density at radius 1 is 1.38 bits per heavy atom. The lowest BCUT2D eigenvalue weighted by Crippen LogP contribution is -2.28. The van der Waals surface area contributed by atoms with Crippen LogP contribution in [0.1, 0.15) is 20.8 Å². The van der Waals surface area contributed by atoms with Gasteiger partial charge in [-0.1, -0.05) is 32.4 Å². The van der Waals surface area contributed by atoms with E-state index in [2.05, 4.69) is 4.99 Å². The maximum absolute atomic E-state index is 6.03. The van der Waals surface area contributed by atoms with E-state index in [0.717, 1.165) is 0 Å². The maximum Gasteiger partial charge on any atom is 0.121 e. The second-order valence-electron chi connectivity index (χ2n) is 4.56. The number of amidine groups is 1. The molecule has 0 heterocycles.